The van der Waals surface area contributed by atoms with E-state index in [4.69, 9.17) is 0 Å². The highest BCUT2D eigenvalue weighted by Crippen LogP contribution is 2.65. The Hall–Kier alpha value is -0.130. The second-order valence-corrected chi connectivity index (χ2v) is 10.4. The van der Waals surface area contributed by atoms with E-state index in [1.54, 1.807) is 11.4 Å². The molecule has 3 saturated carbocycles. The first-order valence-corrected chi connectivity index (χ1v) is 10.4. The molecule has 1 N–H and O–H groups in total. The quantitative estimate of drug-likeness (QED) is 0.861. The van der Waals surface area contributed by atoms with Crippen molar-refractivity contribution in [1.82, 2.24) is 9.03 Å². The Morgan fingerprint density at radius 1 is 1.05 bits per heavy atom. The summed E-state index contributed by atoms with van der Waals surface area (Å²) in [6.45, 7) is 6.93. The number of nitrogens with zero attached hydrogens (tertiary/aromatic N) is 1. The van der Waals surface area contributed by atoms with Crippen LogP contribution in [-0.4, -0.2) is 31.9 Å². The number of hydrogen-bond donors (Lipinski definition) is 1. The number of hydrogen-bond acceptors (Lipinski definition) is 2. The van der Waals surface area contributed by atoms with Crippen LogP contribution in [0.2, 0.25) is 0 Å². The van der Waals surface area contributed by atoms with Gasteiger partial charge in [-0.1, -0.05) is 40.0 Å². The molecule has 3 unspecified atom stereocenters. The van der Waals surface area contributed by atoms with Crippen molar-refractivity contribution < 1.29 is 8.42 Å². The second kappa shape index (κ2) is 5.45. The molecule has 3 aliphatic rings. The van der Waals surface area contributed by atoms with Gasteiger partial charge in [0.25, 0.3) is 10.2 Å². The number of rotatable bonds is 4. The van der Waals surface area contributed by atoms with Gasteiger partial charge in [0.15, 0.2) is 0 Å². The maximum Gasteiger partial charge on any atom is 0.279 e. The fraction of sp³-hybridized carbons (Fsp3) is 1.00. The molecule has 0 amide bonds. The van der Waals surface area contributed by atoms with Gasteiger partial charge in [-0.15, -0.1) is 0 Å². The van der Waals surface area contributed by atoms with Crippen molar-refractivity contribution in [2.24, 2.45) is 16.7 Å². The topological polar surface area (TPSA) is 49.4 Å². The average molecular weight is 329 g/mol. The molecular weight excluding hydrogens is 296 g/mol. The van der Waals surface area contributed by atoms with E-state index in [0.29, 0.717) is 5.92 Å². The van der Waals surface area contributed by atoms with E-state index < -0.39 is 10.2 Å². The normalized spacial score (nSPS) is 38.8. The van der Waals surface area contributed by atoms with Crippen molar-refractivity contribution in [3.05, 3.63) is 0 Å². The van der Waals surface area contributed by atoms with Gasteiger partial charge in [0.2, 0.25) is 0 Å². The Bertz CT molecular complexity index is 525. The molecule has 0 spiro atoms. The minimum absolute atomic E-state index is 0.0947. The highest BCUT2D eigenvalue weighted by Gasteiger charge is 2.62. The molecule has 0 aromatic heterocycles. The van der Waals surface area contributed by atoms with Crippen LogP contribution >= 0.6 is 0 Å². The summed E-state index contributed by atoms with van der Waals surface area (Å²) < 4.78 is 30.4. The van der Waals surface area contributed by atoms with Gasteiger partial charge < -0.3 is 0 Å². The lowest BCUT2D eigenvalue weighted by molar-refractivity contribution is 0.129. The predicted molar refractivity (Wildman–Crippen MR) is 89.7 cm³/mol. The predicted octanol–water partition coefficient (Wildman–Crippen LogP) is 3.30. The molecule has 2 bridgehead atoms. The smallest absolute Gasteiger partial charge is 0.198 e. The van der Waals surface area contributed by atoms with Gasteiger partial charge in [-0.05, 0) is 48.9 Å². The fourth-order valence-corrected chi connectivity index (χ4v) is 6.77. The largest absolute Gasteiger partial charge is 0.279 e. The van der Waals surface area contributed by atoms with Gasteiger partial charge in [-0.3, -0.25) is 0 Å². The van der Waals surface area contributed by atoms with Crippen LogP contribution in [0.15, 0.2) is 0 Å². The molecule has 3 fully saturated rings. The minimum atomic E-state index is -3.37. The zero-order valence-electron chi connectivity index (χ0n) is 14.6. The molecule has 3 rings (SSSR count). The molecular formula is C17H32N2O2S. The summed E-state index contributed by atoms with van der Waals surface area (Å²) in [4.78, 5) is 0. The van der Waals surface area contributed by atoms with Gasteiger partial charge in [0, 0.05) is 19.1 Å². The Morgan fingerprint density at radius 3 is 2.18 bits per heavy atom. The molecule has 0 aliphatic heterocycles. The highest BCUT2D eigenvalue weighted by atomic mass is 32.2. The Labute approximate surface area is 136 Å². The van der Waals surface area contributed by atoms with Gasteiger partial charge in [0.1, 0.15) is 0 Å². The van der Waals surface area contributed by atoms with Gasteiger partial charge in [-0.25, -0.2) is 0 Å². The summed E-state index contributed by atoms with van der Waals surface area (Å²) in [5.41, 5.74) is 0.335. The first-order chi connectivity index (χ1) is 10.2. The molecule has 0 aromatic carbocycles. The zero-order valence-corrected chi connectivity index (χ0v) is 15.4. The summed E-state index contributed by atoms with van der Waals surface area (Å²) >= 11 is 0. The van der Waals surface area contributed by atoms with Crippen molar-refractivity contribution in [1.29, 1.82) is 0 Å². The maximum atomic E-state index is 12.8. The van der Waals surface area contributed by atoms with Crippen LogP contribution in [0.1, 0.15) is 72.1 Å². The van der Waals surface area contributed by atoms with Crippen LogP contribution in [0.3, 0.4) is 0 Å². The van der Waals surface area contributed by atoms with E-state index in [9.17, 15) is 8.42 Å². The van der Waals surface area contributed by atoms with Gasteiger partial charge in [-0.2, -0.15) is 17.4 Å². The molecule has 3 atom stereocenters. The first-order valence-electron chi connectivity index (χ1n) is 8.94. The van der Waals surface area contributed by atoms with Crippen molar-refractivity contribution in [3.8, 4) is 0 Å². The summed E-state index contributed by atoms with van der Waals surface area (Å²) in [7, 11) is -1.61. The summed E-state index contributed by atoms with van der Waals surface area (Å²) in [6.07, 6.45) is 8.96. The molecule has 0 heterocycles. The molecule has 0 radical (unpaired) electrons. The monoisotopic (exact) mass is 328 g/mol. The van der Waals surface area contributed by atoms with E-state index >= 15 is 0 Å². The van der Waals surface area contributed by atoms with Crippen LogP contribution in [-0.2, 0) is 10.2 Å². The summed E-state index contributed by atoms with van der Waals surface area (Å²) in [5, 5.41) is 0. The zero-order chi connectivity index (χ0) is 16.2. The molecule has 128 valence electrons. The van der Waals surface area contributed by atoms with Crippen LogP contribution in [0, 0.1) is 16.7 Å². The third-order valence-corrected chi connectivity index (χ3v) is 9.19. The number of fused-ring (bicyclic) bond motifs is 2. The lowest BCUT2D eigenvalue weighted by Crippen LogP contribution is -2.53. The Kier molecular flexibility index (Phi) is 4.14. The Morgan fingerprint density at radius 2 is 1.68 bits per heavy atom. The molecule has 0 saturated heterocycles. The van der Waals surface area contributed by atoms with E-state index in [-0.39, 0.29) is 22.9 Å². The lowest BCUT2D eigenvalue weighted by Gasteiger charge is -2.40. The van der Waals surface area contributed by atoms with Crippen LogP contribution in [0.25, 0.3) is 0 Å². The second-order valence-electron chi connectivity index (χ2n) is 8.59. The minimum Gasteiger partial charge on any atom is -0.198 e. The number of nitrogens with one attached hydrogen (secondary N) is 1. The van der Waals surface area contributed by atoms with E-state index in [2.05, 4.69) is 25.5 Å². The van der Waals surface area contributed by atoms with Gasteiger partial charge >= 0.3 is 0 Å². The maximum absolute atomic E-state index is 12.8. The van der Waals surface area contributed by atoms with Crippen LogP contribution in [0.4, 0.5) is 0 Å². The lowest BCUT2D eigenvalue weighted by atomic mass is 9.69. The first kappa shape index (κ1) is 16.7. The Balaban J connectivity index is 1.72. The van der Waals surface area contributed by atoms with Crippen LogP contribution < -0.4 is 4.72 Å². The van der Waals surface area contributed by atoms with Gasteiger partial charge in [0.05, 0.1) is 0 Å². The third kappa shape index (κ3) is 2.44. The molecule has 22 heavy (non-hydrogen) atoms. The average Bonchev–Trinajstić information content (AvgIpc) is 2.80. The van der Waals surface area contributed by atoms with Crippen molar-refractivity contribution in [2.45, 2.75) is 84.2 Å². The SMILES string of the molecule is CN(C1CCCCC1)S(=O)(=O)NC1CC2CCC1(C)C2(C)C. The molecule has 3 aliphatic carbocycles. The summed E-state index contributed by atoms with van der Waals surface area (Å²) in [6, 6.07) is 0.281. The van der Waals surface area contributed by atoms with E-state index in [0.717, 1.165) is 38.5 Å². The highest BCUT2D eigenvalue weighted by molar-refractivity contribution is 7.87. The summed E-state index contributed by atoms with van der Waals surface area (Å²) in [5.74, 6) is 0.658. The molecule has 5 heteroatoms. The molecule has 0 aromatic rings. The van der Waals surface area contributed by atoms with Crippen molar-refractivity contribution in [3.63, 3.8) is 0 Å². The van der Waals surface area contributed by atoms with Crippen LogP contribution in [0.5, 0.6) is 0 Å². The van der Waals surface area contributed by atoms with Crippen molar-refractivity contribution >= 4 is 10.2 Å². The standard InChI is InChI=1S/C17H32N2O2S/c1-16(2)13-10-11-17(16,3)15(12-13)18-22(20,21)19(4)14-8-6-5-7-9-14/h13-15,18H,5-12H2,1-4H3. The van der Waals surface area contributed by atoms with E-state index in [1.165, 1.54) is 12.8 Å². The van der Waals surface area contributed by atoms with Crippen molar-refractivity contribution in [2.75, 3.05) is 7.05 Å². The fourth-order valence-electron chi connectivity index (χ4n) is 5.29. The molecule has 4 nitrogen and oxygen atoms in total. The van der Waals surface area contributed by atoms with E-state index in [1.807, 2.05) is 0 Å². The third-order valence-electron chi connectivity index (χ3n) is 7.55.